The van der Waals surface area contributed by atoms with E-state index >= 15 is 0 Å². The van der Waals surface area contributed by atoms with Gasteiger partial charge in [0.15, 0.2) is 5.00 Å². The predicted molar refractivity (Wildman–Crippen MR) is 140 cm³/mol. The van der Waals surface area contributed by atoms with Crippen LogP contribution in [-0.4, -0.2) is 82.6 Å². The SMILES string of the molecule is COc1ccc(F)c(CN2CCCC(COC(=O)N3CCN(c4sc(NS(=O)[O-])cc4[N+](=O)[O-])CC3)C2)c1. The molecule has 3 heterocycles. The van der Waals surface area contributed by atoms with Crippen LogP contribution in [0.2, 0.25) is 0 Å². The summed E-state index contributed by atoms with van der Waals surface area (Å²) in [6, 6.07) is 5.88. The van der Waals surface area contributed by atoms with Crippen molar-refractivity contribution < 1.29 is 32.3 Å². The lowest BCUT2D eigenvalue weighted by Gasteiger charge is -2.35. The number of nitrogens with one attached hydrogen (secondary N) is 1. The number of methoxy groups -OCH3 is 1. The summed E-state index contributed by atoms with van der Waals surface area (Å²) in [5, 5.41) is 11.9. The Morgan fingerprint density at radius 1 is 1.26 bits per heavy atom. The predicted octanol–water partition coefficient (Wildman–Crippen LogP) is 3.18. The van der Waals surface area contributed by atoms with Crippen LogP contribution in [0.5, 0.6) is 5.75 Å². The largest absolute Gasteiger partial charge is 0.755 e. The van der Waals surface area contributed by atoms with Gasteiger partial charge in [0, 0.05) is 62.0 Å². The van der Waals surface area contributed by atoms with Gasteiger partial charge in [-0.1, -0.05) is 11.3 Å². The topological polar surface area (TPSA) is 141 Å². The zero-order chi connectivity index (χ0) is 27.2. The van der Waals surface area contributed by atoms with Crippen LogP contribution in [0.25, 0.3) is 0 Å². The van der Waals surface area contributed by atoms with Gasteiger partial charge in [0.25, 0.3) is 0 Å². The Morgan fingerprint density at radius 2 is 2.03 bits per heavy atom. The summed E-state index contributed by atoms with van der Waals surface area (Å²) in [6.07, 6.45) is 1.39. The Hall–Kier alpha value is -3.01. The number of amides is 1. The molecule has 2 saturated heterocycles. The summed E-state index contributed by atoms with van der Waals surface area (Å²) < 4.78 is 49.0. The van der Waals surface area contributed by atoms with Crippen LogP contribution in [-0.2, 0) is 22.5 Å². The van der Waals surface area contributed by atoms with Gasteiger partial charge in [-0.15, -0.1) is 0 Å². The van der Waals surface area contributed by atoms with Gasteiger partial charge in [-0.3, -0.25) is 19.2 Å². The molecule has 38 heavy (non-hydrogen) atoms. The number of anilines is 2. The average molecular weight is 571 g/mol. The molecule has 4 rings (SSSR count). The van der Waals surface area contributed by atoms with Crippen LogP contribution in [0.15, 0.2) is 24.3 Å². The van der Waals surface area contributed by atoms with Gasteiger partial charge in [0.1, 0.15) is 16.6 Å². The van der Waals surface area contributed by atoms with Gasteiger partial charge in [-0.25, -0.2) is 9.18 Å². The average Bonchev–Trinajstić information content (AvgIpc) is 3.32. The molecule has 0 aliphatic carbocycles. The molecule has 2 aliphatic rings. The van der Waals surface area contributed by atoms with Gasteiger partial charge in [0.2, 0.25) is 0 Å². The van der Waals surface area contributed by atoms with Crippen LogP contribution < -0.4 is 14.4 Å². The molecule has 15 heteroatoms. The highest BCUT2D eigenvalue weighted by molar-refractivity contribution is 7.80. The Labute approximate surface area is 225 Å². The lowest BCUT2D eigenvalue weighted by molar-refractivity contribution is -0.383. The highest BCUT2D eigenvalue weighted by atomic mass is 32.2. The maximum Gasteiger partial charge on any atom is 0.409 e. The Morgan fingerprint density at radius 3 is 2.71 bits per heavy atom. The van der Waals surface area contributed by atoms with E-state index < -0.39 is 22.3 Å². The molecule has 0 radical (unpaired) electrons. The second-order valence-electron chi connectivity index (χ2n) is 9.15. The summed E-state index contributed by atoms with van der Waals surface area (Å²) in [4.78, 5) is 29.1. The minimum absolute atomic E-state index is 0.133. The minimum Gasteiger partial charge on any atom is -0.755 e. The summed E-state index contributed by atoms with van der Waals surface area (Å²) in [5.41, 5.74) is 0.379. The second kappa shape index (κ2) is 12.7. The van der Waals surface area contributed by atoms with Crippen molar-refractivity contribution in [1.82, 2.24) is 9.80 Å². The number of likely N-dealkylation sites (tertiary alicyclic amines) is 1. The van der Waals surface area contributed by atoms with Gasteiger partial charge in [0.05, 0.1) is 24.7 Å². The molecule has 2 aromatic rings. The number of thiophene rings is 1. The fourth-order valence-corrected chi connectivity index (χ4v) is 6.23. The molecule has 1 N–H and O–H groups in total. The normalized spacial score (nSPS) is 19.2. The molecule has 0 saturated carbocycles. The molecule has 208 valence electrons. The van der Waals surface area contributed by atoms with E-state index in [4.69, 9.17) is 9.47 Å². The van der Waals surface area contributed by atoms with E-state index in [2.05, 4.69) is 9.62 Å². The Balaban J connectivity index is 1.26. The molecule has 2 fully saturated rings. The van der Waals surface area contributed by atoms with Crippen molar-refractivity contribution in [2.45, 2.75) is 19.4 Å². The van der Waals surface area contributed by atoms with Crippen molar-refractivity contribution in [3.8, 4) is 5.75 Å². The third-order valence-electron chi connectivity index (χ3n) is 6.59. The van der Waals surface area contributed by atoms with Crippen LogP contribution in [0.1, 0.15) is 18.4 Å². The number of halogens is 1. The number of hydrogen-bond donors (Lipinski definition) is 1. The fraction of sp³-hybridized carbons (Fsp3) is 0.522. The number of rotatable bonds is 9. The molecule has 1 aromatic heterocycles. The van der Waals surface area contributed by atoms with Crippen molar-refractivity contribution in [1.29, 1.82) is 0 Å². The zero-order valence-electron chi connectivity index (χ0n) is 20.8. The third kappa shape index (κ3) is 7.09. The first-order valence-corrected chi connectivity index (χ1v) is 14.0. The highest BCUT2D eigenvalue weighted by Crippen LogP contribution is 2.41. The van der Waals surface area contributed by atoms with Crippen LogP contribution in [0.4, 0.5) is 24.9 Å². The van der Waals surface area contributed by atoms with Crippen molar-refractivity contribution in [2.75, 3.05) is 62.6 Å². The zero-order valence-corrected chi connectivity index (χ0v) is 22.4. The van der Waals surface area contributed by atoms with E-state index in [0.717, 1.165) is 30.7 Å². The maximum absolute atomic E-state index is 14.2. The highest BCUT2D eigenvalue weighted by Gasteiger charge is 2.30. The number of nitro groups is 1. The number of carbonyl (C=O) groups excluding carboxylic acids is 1. The Bertz CT molecular complexity index is 1180. The molecular weight excluding hydrogens is 541 g/mol. The summed E-state index contributed by atoms with van der Waals surface area (Å²) >= 11 is -1.61. The van der Waals surface area contributed by atoms with Gasteiger partial charge >= 0.3 is 11.8 Å². The number of piperazine rings is 1. The molecule has 0 spiro atoms. The number of piperidine rings is 1. The fourth-order valence-electron chi connectivity index (χ4n) is 4.71. The van der Waals surface area contributed by atoms with E-state index in [0.29, 0.717) is 55.6 Å². The van der Waals surface area contributed by atoms with E-state index in [1.807, 2.05) is 0 Å². The van der Waals surface area contributed by atoms with Crippen LogP contribution in [0, 0.1) is 21.8 Å². The standard InChI is InChI=1S/C23H30FN5O7S2/c1-35-18-4-5-19(24)17(11-18)14-26-6-2-3-16(13-26)15-36-23(30)28-9-7-27(8-10-28)22-20(29(31)32)12-21(37-22)25-38(33)34/h4-5,11-12,16,25H,2-3,6-10,13-15H2,1H3,(H,33,34)/p-1. The summed E-state index contributed by atoms with van der Waals surface area (Å²) in [7, 11) is 1.54. The third-order valence-corrected chi connectivity index (χ3v) is 8.21. The monoisotopic (exact) mass is 570 g/mol. The summed E-state index contributed by atoms with van der Waals surface area (Å²) in [6.45, 7) is 3.55. The number of benzene rings is 1. The number of ether oxygens (including phenoxy) is 2. The van der Waals surface area contributed by atoms with E-state index in [-0.39, 0.29) is 29.0 Å². The van der Waals surface area contributed by atoms with Crippen molar-refractivity contribution >= 4 is 44.4 Å². The molecule has 2 unspecified atom stereocenters. The molecule has 2 atom stereocenters. The van der Waals surface area contributed by atoms with Crippen LogP contribution >= 0.6 is 11.3 Å². The minimum atomic E-state index is -2.59. The maximum atomic E-state index is 14.2. The van der Waals surface area contributed by atoms with Gasteiger partial charge < -0.3 is 28.5 Å². The van der Waals surface area contributed by atoms with E-state index in [1.54, 1.807) is 29.0 Å². The molecule has 1 amide bonds. The van der Waals surface area contributed by atoms with Crippen molar-refractivity contribution in [3.05, 3.63) is 45.8 Å². The lowest BCUT2D eigenvalue weighted by Crippen LogP contribution is -2.49. The van der Waals surface area contributed by atoms with Gasteiger partial charge in [-0.05, 0) is 37.6 Å². The first-order valence-electron chi connectivity index (χ1n) is 12.1. The number of nitrogens with zero attached hydrogens (tertiary/aromatic N) is 4. The second-order valence-corrected chi connectivity index (χ2v) is 10.9. The van der Waals surface area contributed by atoms with Crippen LogP contribution in [0.3, 0.4) is 0 Å². The number of carbonyl (C=O) groups is 1. The van der Waals surface area contributed by atoms with Gasteiger partial charge in [-0.2, -0.15) is 0 Å². The molecule has 12 nitrogen and oxygen atoms in total. The van der Waals surface area contributed by atoms with Crippen molar-refractivity contribution in [2.24, 2.45) is 5.92 Å². The quantitative estimate of drug-likeness (QED) is 0.273. The molecular formula is C23H29FN5O7S2-. The van der Waals surface area contributed by atoms with E-state index in [1.165, 1.54) is 12.1 Å². The molecule has 2 aliphatic heterocycles. The molecule has 0 bridgehead atoms. The first-order chi connectivity index (χ1) is 18.2. The molecule has 1 aromatic carbocycles. The number of hydrogen-bond acceptors (Lipinski definition) is 10. The summed E-state index contributed by atoms with van der Waals surface area (Å²) in [5.74, 6) is 0.460. The lowest BCUT2D eigenvalue weighted by atomic mass is 9.98. The first kappa shape index (κ1) is 28.0. The van der Waals surface area contributed by atoms with Crippen molar-refractivity contribution in [3.63, 3.8) is 0 Å². The van der Waals surface area contributed by atoms with E-state index in [9.17, 15) is 28.1 Å². The Kier molecular flexibility index (Phi) is 9.35. The smallest absolute Gasteiger partial charge is 0.409 e.